The maximum atomic E-state index is 10.8. The van der Waals surface area contributed by atoms with E-state index in [1.165, 1.54) is 18.7 Å². The van der Waals surface area contributed by atoms with E-state index in [9.17, 15) is 4.79 Å². The lowest BCUT2D eigenvalue weighted by molar-refractivity contribution is -0.144. The summed E-state index contributed by atoms with van der Waals surface area (Å²) in [5.41, 5.74) is 4.11. The summed E-state index contributed by atoms with van der Waals surface area (Å²) in [5.74, 6) is -0.428. The Hall–Kier alpha value is -2.51. The van der Waals surface area contributed by atoms with Crippen LogP contribution in [0.15, 0.2) is 42.5 Å². The molecule has 0 aliphatic heterocycles. The van der Waals surface area contributed by atoms with Gasteiger partial charge in [-0.2, -0.15) is 8.75 Å². The molecule has 0 aliphatic rings. The molecule has 0 spiro atoms. The molecule has 0 amide bonds. The van der Waals surface area contributed by atoms with Crippen molar-refractivity contribution < 1.29 is 14.6 Å². The SMILES string of the molecule is CC(Oc1ccc(CNCc2ccc3nsnc3c2)cc1)C(=O)O. The van der Waals surface area contributed by atoms with Crippen molar-refractivity contribution in [3.05, 3.63) is 53.6 Å². The first kappa shape index (κ1) is 16.4. The summed E-state index contributed by atoms with van der Waals surface area (Å²) in [6.07, 6.45) is -0.857. The standard InChI is InChI=1S/C17H17N3O3S/c1-11(17(21)22)23-14-5-2-12(3-6-14)9-18-10-13-4-7-15-16(8-13)20-24-19-15/h2-8,11,18H,9-10H2,1H3,(H,21,22). The Morgan fingerprint density at radius 2 is 1.79 bits per heavy atom. The first-order valence-corrected chi connectivity index (χ1v) is 8.25. The maximum Gasteiger partial charge on any atom is 0.344 e. The highest BCUT2D eigenvalue weighted by atomic mass is 32.1. The summed E-state index contributed by atoms with van der Waals surface area (Å²) in [5, 5.41) is 12.2. The van der Waals surface area contributed by atoms with E-state index in [0.717, 1.165) is 28.7 Å². The summed E-state index contributed by atoms with van der Waals surface area (Å²) in [6, 6.07) is 13.5. The average Bonchev–Trinajstić information content (AvgIpc) is 3.04. The van der Waals surface area contributed by atoms with Gasteiger partial charge in [-0.1, -0.05) is 18.2 Å². The van der Waals surface area contributed by atoms with Gasteiger partial charge in [0.2, 0.25) is 0 Å². The lowest BCUT2D eigenvalue weighted by atomic mass is 10.2. The quantitative estimate of drug-likeness (QED) is 0.686. The second-order valence-corrected chi connectivity index (χ2v) is 5.96. The molecule has 2 N–H and O–H groups in total. The fourth-order valence-electron chi connectivity index (χ4n) is 2.23. The molecule has 0 bridgehead atoms. The van der Waals surface area contributed by atoms with Gasteiger partial charge in [-0.15, -0.1) is 0 Å². The zero-order chi connectivity index (χ0) is 16.9. The number of carboxylic acids is 1. The van der Waals surface area contributed by atoms with Crippen LogP contribution in [0, 0.1) is 0 Å². The van der Waals surface area contributed by atoms with Gasteiger partial charge < -0.3 is 15.2 Å². The van der Waals surface area contributed by atoms with Gasteiger partial charge in [0, 0.05) is 13.1 Å². The topological polar surface area (TPSA) is 84.3 Å². The zero-order valence-corrected chi connectivity index (χ0v) is 13.9. The third kappa shape index (κ3) is 4.06. The van der Waals surface area contributed by atoms with Gasteiger partial charge >= 0.3 is 5.97 Å². The van der Waals surface area contributed by atoms with Gasteiger partial charge in [0.1, 0.15) is 16.8 Å². The molecule has 1 unspecified atom stereocenters. The number of hydrogen-bond donors (Lipinski definition) is 2. The Bertz CT molecular complexity index is 832. The van der Waals surface area contributed by atoms with E-state index < -0.39 is 12.1 Å². The minimum Gasteiger partial charge on any atom is -0.479 e. The molecule has 1 heterocycles. The van der Waals surface area contributed by atoms with E-state index in [-0.39, 0.29) is 0 Å². The van der Waals surface area contributed by atoms with Crippen molar-refractivity contribution in [2.24, 2.45) is 0 Å². The van der Waals surface area contributed by atoms with Gasteiger partial charge in [-0.3, -0.25) is 0 Å². The van der Waals surface area contributed by atoms with E-state index >= 15 is 0 Å². The van der Waals surface area contributed by atoms with Crippen molar-refractivity contribution >= 4 is 28.7 Å². The number of carbonyl (C=O) groups is 1. The minimum absolute atomic E-state index is 0.551. The summed E-state index contributed by atoms with van der Waals surface area (Å²) < 4.78 is 13.7. The van der Waals surface area contributed by atoms with Crippen molar-refractivity contribution in [1.29, 1.82) is 0 Å². The van der Waals surface area contributed by atoms with Crippen molar-refractivity contribution in [3.63, 3.8) is 0 Å². The van der Waals surface area contributed by atoms with E-state index in [0.29, 0.717) is 12.3 Å². The van der Waals surface area contributed by atoms with Crippen LogP contribution in [0.4, 0.5) is 0 Å². The van der Waals surface area contributed by atoms with Crippen LogP contribution >= 0.6 is 11.7 Å². The summed E-state index contributed by atoms with van der Waals surface area (Å²) >= 11 is 1.22. The number of rotatable bonds is 7. The molecule has 0 aliphatic carbocycles. The van der Waals surface area contributed by atoms with Gasteiger partial charge in [0.05, 0.1) is 11.7 Å². The number of aromatic nitrogens is 2. The molecule has 1 aromatic heterocycles. The van der Waals surface area contributed by atoms with Crippen LogP contribution in [-0.2, 0) is 17.9 Å². The number of nitrogens with zero attached hydrogens (tertiary/aromatic N) is 2. The third-order valence-electron chi connectivity index (χ3n) is 3.56. The molecule has 1 atom stereocenters. The molecule has 7 heteroatoms. The summed E-state index contributed by atoms with van der Waals surface area (Å²) in [7, 11) is 0. The largest absolute Gasteiger partial charge is 0.479 e. The molecular weight excluding hydrogens is 326 g/mol. The smallest absolute Gasteiger partial charge is 0.344 e. The van der Waals surface area contributed by atoms with Crippen molar-refractivity contribution in [2.75, 3.05) is 0 Å². The Balaban J connectivity index is 1.52. The normalized spacial score (nSPS) is 12.2. The van der Waals surface area contributed by atoms with Crippen LogP contribution in [-0.4, -0.2) is 25.9 Å². The zero-order valence-electron chi connectivity index (χ0n) is 13.1. The molecule has 24 heavy (non-hydrogen) atoms. The van der Waals surface area contributed by atoms with Crippen LogP contribution in [0.1, 0.15) is 18.1 Å². The van der Waals surface area contributed by atoms with Crippen LogP contribution in [0.5, 0.6) is 5.75 Å². The number of benzene rings is 2. The van der Waals surface area contributed by atoms with Gasteiger partial charge in [0.15, 0.2) is 6.10 Å². The first-order chi connectivity index (χ1) is 11.6. The van der Waals surface area contributed by atoms with Crippen LogP contribution in [0.2, 0.25) is 0 Å². The highest BCUT2D eigenvalue weighted by molar-refractivity contribution is 7.00. The van der Waals surface area contributed by atoms with Gasteiger partial charge in [-0.25, -0.2) is 4.79 Å². The fraction of sp³-hybridized carbons (Fsp3) is 0.235. The molecule has 0 saturated heterocycles. The van der Waals surface area contributed by atoms with E-state index in [1.807, 2.05) is 30.3 Å². The molecule has 0 fully saturated rings. The average molecular weight is 343 g/mol. The highest BCUT2D eigenvalue weighted by Crippen LogP contribution is 2.15. The molecule has 0 radical (unpaired) electrons. The number of ether oxygens (including phenoxy) is 1. The predicted molar refractivity (Wildman–Crippen MR) is 92.1 cm³/mol. The second-order valence-electron chi connectivity index (χ2n) is 5.43. The Kier molecular flexibility index (Phi) is 5.02. The lowest BCUT2D eigenvalue weighted by Gasteiger charge is -2.11. The van der Waals surface area contributed by atoms with Crippen molar-refractivity contribution in [3.8, 4) is 5.75 Å². The van der Waals surface area contributed by atoms with Crippen LogP contribution < -0.4 is 10.1 Å². The summed E-state index contributed by atoms with van der Waals surface area (Å²) in [6.45, 7) is 2.95. The maximum absolute atomic E-state index is 10.8. The predicted octanol–water partition coefficient (Wildman–Crippen LogP) is 2.83. The Labute approximate surface area is 143 Å². The van der Waals surface area contributed by atoms with Gasteiger partial charge in [-0.05, 0) is 42.3 Å². The molecule has 2 aromatic carbocycles. The molecule has 124 valence electrons. The Morgan fingerprint density at radius 1 is 1.12 bits per heavy atom. The van der Waals surface area contributed by atoms with E-state index in [4.69, 9.17) is 9.84 Å². The number of hydrogen-bond acceptors (Lipinski definition) is 6. The van der Waals surface area contributed by atoms with Crippen LogP contribution in [0.3, 0.4) is 0 Å². The third-order valence-corrected chi connectivity index (χ3v) is 4.12. The summed E-state index contributed by atoms with van der Waals surface area (Å²) in [4.78, 5) is 10.8. The number of carboxylic acid groups (broad SMARTS) is 1. The van der Waals surface area contributed by atoms with Crippen molar-refractivity contribution in [2.45, 2.75) is 26.1 Å². The fourth-order valence-corrected chi connectivity index (χ4v) is 2.75. The van der Waals surface area contributed by atoms with E-state index in [1.54, 1.807) is 12.1 Å². The number of fused-ring (bicyclic) bond motifs is 1. The lowest BCUT2D eigenvalue weighted by Crippen LogP contribution is -2.22. The Morgan fingerprint density at radius 3 is 2.54 bits per heavy atom. The first-order valence-electron chi connectivity index (χ1n) is 7.52. The monoisotopic (exact) mass is 343 g/mol. The van der Waals surface area contributed by atoms with Gasteiger partial charge in [0.25, 0.3) is 0 Å². The molecule has 6 nitrogen and oxygen atoms in total. The number of nitrogens with one attached hydrogen (secondary N) is 1. The molecule has 0 saturated carbocycles. The minimum atomic E-state index is -0.979. The number of aliphatic carboxylic acids is 1. The van der Waals surface area contributed by atoms with E-state index in [2.05, 4.69) is 14.1 Å². The molecular formula is C17H17N3O3S. The van der Waals surface area contributed by atoms with Crippen LogP contribution in [0.25, 0.3) is 11.0 Å². The highest BCUT2D eigenvalue weighted by Gasteiger charge is 2.11. The molecule has 3 aromatic rings. The van der Waals surface area contributed by atoms with Crippen molar-refractivity contribution in [1.82, 2.24) is 14.1 Å². The second kappa shape index (κ2) is 7.37. The molecule has 3 rings (SSSR count).